The van der Waals surface area contributed by atoms with Gasteiger partial charge in [0.15, 0.2) is 0 Å². The van der Waals surface area contributed by atoms with Crippen molar-refractivity contribution in [3.05, 3.63) is 89.5 Å². The monoisotopic (exact) mass is 374 g/mol. The fourth-order valence-electron chi connectivity index (χ4n) is 3.10. The number of carbonyl (C=O) groups excluding carboxylic acids is 1. The van der Waals surface area contributed by atoms with Gasteiger partial charge in [-0.1, -0.05) is 47.5 Å². The van der Waals surface area contributed by atoms with Gasteiger partial charge in [0, 0.05) is 17.1 Å². The maximum absolute atomic E-state index is 11.6. The first kappa shape index (κ1) is 19.6. The molecule has 0 aliphatic carbocycles. The van der Waals surface area contributed by atoms with Crippen molar-refractivity contribution >= 4 is 23.0 Å². The third kappa shape index (κ3) is 4.59. The number of hydrogen-bond acceptors (Lipinski definition) is 4. The van der Waals surface area contributed by atoms with Crippen molar-refractivity contribution in [2.75, 3.05) is 12.0 Å². The average molecular weight is 374 g/mol. The first-order valence-electron chi connectivity index (χ1n) is 9.34. The Morgan fingerprint density at radius 2 is 1.21 bits per heavy atom. The molecule has 0 heterocycles. The highest BCUT2D eigenvalue weighted by Crippen LogP contribution is 2.34. The van der Waals surface area contributed by atoms with Crippen LogP contribution in [0.1, 0.15) is 16.7 Å². The van der Waals surface area contributed by atoms with Crippen molar-refractivity contribution in [3.63, 3.8) is 0 Å². The largest absolute Gasteiger partial charge is 0.468 e. The lowest BCUT2D eigenvalue weighted by atomic mass is 10.1. The van der Waals surface area contributed by atoms with E-state index >= 15 is 0 Å². The lowest BCUT2D eigenvalue weighted by Gasteiger charge is -2.26. The van der Waals surface area contributed by atoms with Crippen molar-refractivity contribution in [1.82, 2.24) is 0 Å². The van der Waals surface area contributed by atoms with E-state index in [4.69, 9.17) is 10.5 Å². The van der Waals surface area contributed by atoms with Crippen LogP contribution >= 0.6 is 0 Å². The molecular weight excluding hydrogens is 348 g/mol. The van der Waals surface area contributed by atoms with Gasteiger partial charge in [-0.3, -0.25) is 4.79 Å². The van der Waals surface area contributed by atoms with Crippen LogP contribution in [0.2, 0.25) is 0 Å². The normalized spacial score (nSPS) is 11.7. The zero-order valence-corrected chi connectivity index (χ0v) is 16.6. The molecule has 2 N–H and O–H groups in total. The third-order valence-electron chi connectivity index (χ3n) is 4.74. The first-order chi connectivity index (χ1) is 13.5. The number of nitrogens with two attached hydrogens (primary N) is 1. The summed E-state index contributed by atoms with van der Waals surface area (Å²) in [6.07, 6.45) is 0.446. The molecule has 3 rings (SSSR count). The summed E-state index contributed by atoms with van der Waals surface area (Å²) in [6.45, 7) is 4.17. The van der Waals surface area contributed by atoms with Crippen molar-refractivity contribution in [3.8, 4) is 0 Å². The molecule has 0 radical (unpaired) electrons. The molecule has 28 heavy (non-hydrogen) atoms. The maximum atomic E-state index is 11.6. The van der Waals surface area contributed by atoms with Crippen LogP contribution in [0.5, 0.6) is 0 Å². The predicted octanol–water partition coefficient (Wildman–Crippen LogP) is 4.82. The first-order valence-corrected chi connectivity index (χ1v) is 9.34. The standard InChI is InChI=1S/C24H26N2O2/c1-17-4-10-20(11-5-17)26(21-12-6-18(2)7-13-21)22-14-8-19(9-15-22)16-23(25)24(27)28-3/h4-15,23H,16,25H2,1-3H3. The van der Waals surface area contributed by atoms with E-state index in [0.717, 1.165) is 22.6 Å². The molecule has 0 saturated heterocycles. The molecule has 0 aliphatic rings. The van der Waals surface area contributed by atoms with Crippen LogP contribution in [0.4, 0.5) is 17.1 Å². The lowest BCUT2D eigenvalue weighted by molar-refractivity contribution is -0.142. The summed E-state index contributed by atoms with van der Waals surface area (Å²) in [5.74, 6) is -0.398. The number of nitrogens with zero attached hydrogens (tertiary/aromatic N) is 1. The fourth-order valence-corrected chi connectivity index (χ4v) is 3.10. The van der Waals surface area contributed by atoms with Crippen molar-refractivity contribution in [1.29, 1.82) is 0 Å². The molecule has 0 bridgehead atoms. The molecule has 0 saturated carbocycles. The number of aryl methyl sites for hydroxylation is 2. The Labute approximate surface area is 166 Å². The molecule has 1 unspecified atom stereocenters. The van der Waals surface area contributed by atoms with Gasteiger partial charge in [0.1, 0.15) is 6.04 Å². The molecule has 0 fully saturated rings. The van der Waals surface area contributed by atoms with Gasteiger partial charge < -0.3 is 15.4 Å². The Morgan fingerprint density at radius 1 is 0.821 bits per heavy atom. The maximum Gasteiger partial charge on any atom is 0.322 e. The molecule has 0 aromatic heterocycles. The summed E-state index contributed by atoms with van der Waals surface area (Å²) >= 11 is 0. The second kappa shape index (κ2) is 8.72. The summed E-state index contributed by atoms with van der Waals surface area (Å²) < 4.78 is 4.71. The Hall–Kier alpha value is -3.11. The highest BCUT2D eigenvalue weighted by atomic mass is 16.5. The molecule has 4 heteroatoms. The molecule has 1 atom stereocenters. The van der Waals surface area contributed by atoms with E-state index < -0.39 is 12.0 Å². The summed E-state index contributed by atoms with van der Waals surface area (Å²) in [7, 11) is 1.35. The van der Waals surface area contributed by atoms with E-state index in [1.807, 2.05) is 12.1 Å². The van der Waals surface area contributed by atoms with Crippen molar-refractivity contribution in [2.45, 2.75) is 26.3 Å². The van der Waals surface area contributed by atoms with Crippen molar-refractivity contribution in [2.24, 2.45) is 5.73 Å². The number of carbonyl (C=O) groups is 1. The summed E-state index contributed by atoms with van der Waals surface area (Å²) in [6, 6.07) is 24.4. The number of rotatable bonds is 6. The van der Waals surface area contributed by atoms with Gasteiger partial charge in [0.25, 0.3) is 0 Å². The number of ether oxygens (including phenoxy) is 1. The Kier molecular flexibility index (Phi) is 6.12. The van der Waals surface area contributed by atoms with E-state index in [2.05, 4.69) is 79.4 Å². The second-order valence-corrected chi connectivity index (χ2v) is 7.01. The van der Waals surface area contributed by atoms with E-state index in [0.29, 0.717) is 6.42 Å². The van der Waals surface area contributed by atoms with Gasteiger partial charge in [-0.15, -0.1) is 0 Å². The Morgan fingerprint density at radius 3 is 1.61 bits per heavy atom. The van der Waals surface area contributed by atoms with E-state index in [9.17, 15) is 4.79 Å². The molecule has 0 spiro atoms. The number of methoxy groups -OCH3 is 1. The highest BCUT2D eigenvalue weighted by Gasteiger charge is 2.16. The van der Waals surface area contributed by atoms with Gasteiger partial charge >= 0.3 is 5.97 Å². The molecule has 3 aromatic carbocycles. The minimum atomic E-state index is -0.652. The van der Waals surface area contributed by atoms with Crippen LogP contribution in [-0.4, -0.2) is 19.1 Å². The second-order valence-electron chi connectivity index (χ2n) is 7.01. The van der Waals surface area contributed by atoms with Gasteiger partial charge in [-0.25, -0.2) is 0 Å². The van der Waals surface area contributed by atoms with Gasteiger partial charge in [-0.05, 0) is 62.2 Å². The van der Waals surface area contributed by atoms with Crippen LogP contribution in [-0.2, 0) is 16.0 Å². The number of esters is 1. The van der Waals surface area contributed by atoms with Crippen LogP contribution in [0.15, 0.2) is 72.8 Å². The summed E-state index contributed by atoms with van der Waals surface area (Å²) in [5, 5.41) is 0. The SMILES string of the molecule is COC(=O)C(N)Cc1ccc(N(c2ccc(C)cc2)c2ccc(C)cc2)cc1. The molecule has 3 aromatic rings. The minimum absolute atomic E-state index is 0.398. The smallest absolute Gasteiger partial charge is 0.322 e. The third-order valence-corrected chi connectivity index (χ3v) is 4.74. The van der Waals surface area contributed by atoms with Crippen LogP contribution in [0.25, 0.3) is 0 Å². The van der Waals surface area contributed by atoms with Gasteiger partial charge in [0.2, 0.25) is 0 Å². The fraction of sp³-hybridized carbons (Fsp3) is 0.208. The number of benzene rings is 3. The average Bonchev–Trinajstić information content (AvgIpc) is 2.71. The zero-order chi connectivity index (χ0) is 20.1. The molecule has 4 nitrogen and oxygen atoms in total. The molecular formula is C24H26N2O2. The van der Waals surface area contributed by atoms with E-state index in [1.54, 1.807) is 0 Å². The predicted molar refractivity (Wildman–Crippen MR) is 114 cm³/mol. The minimum Gasteiger partial charge on any atom is -0.468 e. The van der Waals surface area contributed by atoms with Gasteiger partial charge in [0.05, 0.1) is 7.11 Å². The van der Waals surface area contributed by atoms with E-state index in [1.165, 1.54) is 18.2 Å². The Balaban J connectivity index is 1.93. The van der Waals surface area contributed by atoms with Crippen LogP contribution in [0, 0.1) is 13.8 Å². The quantitative estimate of drug-likeness (QED) is 0.629. The molecule has 0 aliphatic heterocycles. The molecule has 144 valence electrons. The number of anilines is 3. The van der Waals surface area contributed by atoms with Crippen LogP contribution < -0.4 is 10.6 Å². The van der Waals surface area contributed by atoms with Crippen molar-refractivity contribution < 1.29 is 9.53 Å². The summed E-state index contributed by atoms with van der Waals surface area (Å²) in [4.78, 5) is 13.8. The highest BCUT2D eigenvalue weighted by molar-refractivity contribution is 5.77. The zero-order valence-electron chi connectivity index (χ0n) is 16.6. The van der Waals surface area contributed by atoms with Gasteiger partial charge in [-0.2, -0.15) is 0 Å². The number of hydrogen-bond donors (Lipinski definition) is 1. The Bertz CT molecular complexity index is 871. The topological polar surface area (TPSA) is 55.6 Å². The van der Waals surface area contributed by atoms with Crippen LogP contribution in [0.3, 0.4) is 0 Å². The lowest BCUT2D eigenvalue weighted by Crippen LogP contribution is -2.33. The van der Waals surface area contributed by atoms with E-state index in [-0.39, 0.29) is 0 Å². The molecule has 0 amide bonds. The summed E-state index contributed by atoms with van der Waals surface area (Å²) in [5.41, 5.74) is 12.5.